The van der Waals surface area contributed by atoms with Crippen LogP contribution in [0.5, 0.6) is 5.75 Å². The van der Waals surface area contributed by atoms with Crippen LogP contribution < -0.4 is 4.74 Å². The number of rotatable bonds is 5. The van der Waals surface area contributed by atoms with Gasteiger partial charge in [-0.05, 0) is 60.5 Å². The molecule has 0 fully saturated rings. The van der Waals surface area contributed by atoms with Gasteiger partial charge in [0.25, 0.3) is 10.1 Å². The topological polar surface area (TPSA) is 52.6 Å². The van der Waals surface area contributed by atoms with Gasteiger partial charge in [-0.1, -0.05) is 29.3 Å². The van der Waals surface area contributed by atoms with Crippen LogP contribution in [0.1, 0.15) is 18.1 Å². The number of fused-ring (bicyclic) bond motifs is 1. The average molecular weight is 435 g/mol. The summed E-state index contributed by atoms with van der Waals surface area (Å²) < 4.78 is 36.6. The summed E-state index contributed by atoms with van der Waals surface area (Å²) in [4.78, 5) is 0.138. The molecule has 2 heterocycles. The van der Waals surface area contributed by atoms with Crippen molar-refractivity contribution in [2.24, 2.45) is 0 Å². The standard InChI is InChI=1S/C21H19ClO4S2/c1-14-3-5-18(6-4-14)28(23,24)25-13-21(2)11-16-9-17(22)10-19(20(16)26-21)15-7-8-27-12-15/h3-10,12H,11,13H2,1-2H3. The molecule has 1 unspecified atom stereocenters. The summed E-state index contributed by atoms with van der Waals surface area (Å²) in [6.45, 7) is 3.67. The molecule has 0 radical (unpaired) electrons. The zero-order valence-corrected chi connectivity index (χ0v) is 17.8. The monoisotopic (exact) mass is 434 g/mol. The van der Waals surface area contributed by atoms with Crippen molar-refractivity contribution in [2.75, 3.05) is 6.61 Å². The summed E-state index contributed by atoms with van der Waals surface area (Å²) in [5.74, 6) is 0.738. The maximum Gasteiger partial charge on any atom is 0.297 e. The average Bonchev–Trinajstić information content (AvgIpc) is 3.28. The van der Waals surface area contributed by atoms with Gasteiger partial charge < -0.3 is 4.74 Å². The van der Waals surface area contributed by atoms with Crippen molar-refractivity contribution in [2.45, 2.75) is 30.8 Å². The Morgan fingerprint density at radius 2 is 1.96 bits per heavy atom. The van der Waals surface area contributed by atoms with Crippen LogP contribution in [0.4, 0.5) is 0 Å². The fourth-order valence-electron chi connectivity index (χ4n) is 3.28. The van der Waals surface area contributed by atoms with Gasteiger partial charge in [0.15, 0.2) is 0 Å². The van der Waals surface area contributed by atoms with Crippen LogP contribution in [-0.2, 0) is 20.7 Å². The largest absolute Gasteiger partial charge is 0.484 e. The van der Waals surface area contributed by atoms with E-state index in [1.54, 1.807) is 35.6 Å². The number of halogens is 1. The summed E-state index contributed by atoms with van der Waals surface area (Å²) in [5, 5.41) is 4.65. The van der Waals surface area contributed by atoms with Crippen molar-refractivity contribution in [1.82, 2.24) is 0 Å². The molecule has 28 heavy (non-hydrogen) atoms. The Morgan fingerprint density at radius 3 is 2.64 bits per heavy atom. The predicted molar refractivity (Wildman–Crippen MR) is 112 cm³/mol. The Bertz CT molecular complexity index is 1110. The molecule has 1 aliphatic heterocycles. The first kappa shape index (κ1) is 19.5. The first-order valence-electron chi connectivity index (χ1n) is 8.76. The summed E-state index contributed by atoms with van der Waals surface area (Å²) in [6.07, 6.45) is 0.517. The first-order chi connectivity index (χ1) is 13.3. The van der Waals surface area contributed by atoms with Gasteiger partial charge in [0.2, 0.25) is 0 Å². The van der Waals surface area contributed by atoms with Crippen molar-refractivity contribution in [3.63, 3.8) is 0 Å². The minimum Gasteiger partial charge on any atom is -0.484 e. The van der Waals surface area contributed by atoms with E-state index in [1.807, 2.05) is 42.8 Å². The van der Waals surface area contributed by atoms with E-state index in [4.69, 9.17) is 20.5 Å². The molecule has 1 aromatic heterocycles. The summed E-state index contributed by atoms with van der Waals surface area (Å²) in [5.41, 5.74) is 3.08. The van der Waals surface area contributed by atoms with Crippen molar-refractivity contribution in [1.29, 1.82) is 0 Å². The van der Waals surface area contributed by atoms with Gasteiger partial charge in [0.05, 0.1) is 4.90 Å². The molecule has 0 amide bonds. The lowest BCUT2D eigenvalue weighted by Crippen LogP contribution is -2.37. The SMILES string of the molecule is Cc1ccc(S(=O)(=O)OCC2(C)Cc3cc(Cl)cc(-c4ccsc4)c3O2)cc1. The van der Waals surface area contributed by atoms with Crippen LogP contribution in [0.15, 0.2) is 58.1 Å². The first-order valence-corrected chi connectivity index (χ1v) is 11.5. The van der Waals surface area contributed by atoms with Crippen LogP contribution in [0, 0.1) is 6.92 Å². The molecule has 4 rings (SSSR count). The van der Waals surface area contributed by atoms with Gasteiger partial charge >= 0.3 is 0 Å². The molecule has 7 heteroatoms. The van der Waals surface area contributed by atoms with Crippen LogP contribution in [0.3, 0.4) is 0 Å². The molecule has 0 N–H and O–H groups in total. The van der Waals surface area contributed by atoms with Gasteiger partial charge in [-0.25, -0.2) is 0 Å². The molecule has 146 valence electrons. The number of hydrogen-bond acceptors (Lipinski definition) is 5. The van der Waals surface area contributed by atoms with Gasteiger partial charge in [-0.3, -0.25) is 4.18 Å². The lowest BCUT2D eigenvalue weighted by Gasteiger charge is -2.24. The molecule has 4 nitrogen and oxygen atoms in total. The molecule has 2 aromatic carbocycles. The molecule has 1 atom stereocenters. The van der Waals surface area contributed by atoms with Crippen LogP contribution >= 0.6 is 22.9 Å². The second-order valence-corrected chi connectivity index (χ2v) is 10.0. The molecule has 3 aromatic rings. The van der Waals surface area contributed by atoms with Gasteiger partial charge in [0.1, 0.15) is 18.0 Å². The predicted octanol–water partition coefficient (Wildman–Crippen LogP) is 5.48. The smallest absolute Gasteiger partial charge is 0.297 e. The van der Waals surface area contributed by atoms with Crippen LogP contribution in [-0.4, -0.2) is 20.6 Å². The highest BCUT2D eigenvalue weighted by Gasteiger charge is 2.38. The Kier molecular flexibility index (Phi) is 5.00. The molecule has 0 spiro atoms. The number of thiophene rings is 1. The molecular formula is C21H19ClO4S2. The third-order valence-corrected chi connectivity index (χ3v) is 6.88. The molecule has 0 saturated heterocycles. The van der Waals surface area contributed by atoms with E-state index >= 15 is 0 Å². The summed E-state index contributed by atoms with van der Waals surface area (Å²) in [6, 6.07) is 12.3. The highest BCUT2D eigenvalue weighted by Crippen LogP contribution is 2.45. The minimum atomic E-state index is -3.86. The van der Waals surface area contributed by atoms with Crippen LogP contribution in [0.2, 0.25) is 5.02 Å². The van der Waals surface area contributed by atoms with Gasteiger partial charge in [-0.15, -0.1) is 0 Å². The molecule has 1 aliphatic rings. The van der Waals surface area contributed by atoms with E-state index in [9.17, 15) is 8.42 Å². The summed E-state index contributed by atoms with van der Waals surface area (Å²) >= 11 is 7.90. The fourth-order valence-corrected chi connectivity index (χ4v) is 5.18. The number of benzene rings is 2. The Labute approximate surface area is 173 Å². The zero-order valence-electron chi connectivity index (χ0n) is 15.4. The summed E-state index contributed by atoms with van der Waals surface area (Å²) in [7, 11) is -3.86. The molecular weight excluding hydrogens is 416 g/mol. The fraction of sp³-hybridized carbons (Fsp3) is 0.238. The lowest BCUT2D eigenvalue weighted by atomic mass is 9.98. The van der Waals surface area contributed by atoms with Crippen molar-refractivity contribution in [3.05, 3.63) is 69.4 Å². The molecule has 0 saturated carbocycles. The van der Waals surface area contributed by atoms with E-state index in [2.05, 4.69) is 0 Å². The number of hydrogen-bond donors (Lipinski definition) is 0. The number of aryl methyl sites for hydroxylation is 1. The third kappa shape index (κ3) is 3.82. The quantitative estimate of drug-likeness (QED) is 0.499. The molecule has 0 bridgehead atoms. The minimum absolute atomic E-state index is 0.0847. The highest BCUT2D eigenvalue weighted by molar-refractivity contribution is 7.86. The van der Waals surface area contributed by atoms with Gasteiger partial charge in [0, 0.05) is 22.6 Å². The van der Waals surface area contributed by atoms with E-state index < -0.39 is 15.7 Å². The van der Waals surface area contributed by atoms with Crippen molar-refractivity contribution in [3.8, 4) is 16.9 Å². The van der Waals surface area contributed by atoms with Crippen LogP contribution in [0.25, 0.3) is 11.1 Å². The van der Waals surface area contributed by atoms with Crippen molar-refractivity contribution >= 4 is 33.1 Å². The Hall–Kier alpha value is -1.86. The van der Waals surface area contributed by atoms with Gasteiger partial charge in [-0.2, -0.15) is 19.8 Å². The second-order valence-electron chi connectivity index (χ2n) is 7.21. The van der Waals surface area contributed by atoms with E-state index in [0.717, 1.165) is 28.0 Å². The van der Waals surface area contributed by atoms with E-state index in [1.165, 1.54) is 0 Å². The number of ether oxygens (including phenoxy) is 1. The maximum atomic E-state index is 12.5. The zero-order chi connectivity index (χ0) is 19.9. The lowest BCUT2D eigenvalue weighted by molar-refractivity contribution is 0.0590. The van der Waals surface area contributed by atoms with E-state index in [-0.39, 0.29) is 11.5 Å². The Morgan fingerprint density at radius 1 is 1.21 bits per heavy atom. The maximum absolute atomic E-state index is 12.5. The highest BCUT2D eigenvalue weighted by atomic mass is 35.5. The normalized spacial score (nSPS) is 18.7. The molecule has 0 aliphatic carbocycles. The third-order valence-electron chi connectivity index (χ3n) is 4.70. The Balaban J connectivity index is 1.56. The van der Waals surface area contributed by atoms with E-state index in [0.29, 0.717) is 11.4 Å². The second kappa shape index (κ2) is 7.19. The van der Waals surface area contributed by atoms with Crippen molar-refractivity contribution < 1.29 is 17.3 Å².